The number of nitrogens with one attached hydrogen (secondary N) is 1. The van der Waals surface area contributed by atoms with Crippen molar-refractivity contribution in [3.63, 3.8) is 0 Å². The maximum Gasteiger partial charge on any atom is 0.123 e. The van der Waals surface area contributed by atoms with Gasteiger partial charge in [-0.15, -0.1) is 0 Å². The van der Waals surface area contributed by atoms with E-state index < -0.39 is 0 Å². The van der Waals surface area contributed by atoms with E-state index in [1.54, 1.807) is 12.1 Å². The number of rotatable bonds is 3. The van der Waals surface area contributed by atoms with E-state index in [1.807, 2.05) is 36.4 Å². The first kappa shape index (κ1) is 11.7. The Bertz CT molecular complexity index is 657. The van der Waals surface area contributed by atoms with Crippen LogP contribution in [0.15, 0.2) is 60.7 Å². The van der Waals surface area contributed by atoms with Crippen molar-refractivity contribution < 1.29 is 4.39 Å². The lowest BCUT2D eigenvalue weighted by atomic mass is 10.1. The normalized spacial score (nSPS) is 10.6. The second-order valence-corrected chi connectivity index (χ2v) is 4.45. The van der Waals surface area contributed by atoms with Gasteiger partial charge in [-0.3, -0.25) is 5.10 Å². The van der Waals surface area contributed by atoms with Crippen molar-refractivity contribution in [2.45, 2.75) is 6.42 Å². The molecule has 3 rings (SSSR count). The molecule has 94 valence electrons. The Kier molecular flexibility index (Phi) is 3.11. The summed E-state index contributed by atoms with van der Waals surface area (Å²) in [6.07, 6.45) is 0.722. The molecule has 0 aliphatic carbocycles. The van der Waals surface area contributed by atoms with Crippen LogP contribution >= 0.6 is 0 Å². The van der Waals surface area contributed by atoms with Crippen molar-refractivity contribution in [3.8, 4) is 11.3 Å². The van der Waals surface area contributed by atoms with Gasteiger partial charge in [0.25, 0.3) is 0 Å². The van der Waals surface area contributed by atoms with E-state index in [9.17, 15) is 4.39 Å². The van der Waals surface area contributed by atoms with Crippen LogP contribution in [-0.2, 0) is 6.42 Å². The molecule has 0 bridgehead atoms. The van der Waals surface area contributed by atoms with Gasteiger partial charge in [0, 0.05) is 17.7 Å². The number of H-pyrrole nitrogens is 1. The maximum absolute atomic E-state index is 12.8. The zero-order valence-electron chi connectivity index (χ0n) is 10.3. The molecule has 0 spiro atoms. The lowest BCUT2D eigenvalue weighted by molar-refractivity contribution is 0.627. The number of nitrogens with zero attached hydrogens (tertiary/aromatic N) is 1. The van der Waals surface area contributed by atoms with Gasteiger partial charge in [0.15, 0.2) is 0 Å². The number of aromatic amines is 1. The highest BCUT2D eigenvalue weighted by molar-refractivity contribution is 5.59. The van der Waals surface area contributed by atoms with Crippen molar-refractivity contribution in [1.29, 1.82) is 0 Å². The lowest BCUT2D eigenvalue weighted by Crippen LogP contribution is -1.88. The SMILES string of the molecule is Fc1ccc(Cc2cc(-c3ccccc3)n[nH]2)cc1. The molecule has 19 heavy (non-hydrogen) atoms. The number of aromatic nitrogens is 2. The lowest BCUT2D eigenvalue weighted by Gasteiger charge is -1.97. The molecule has 0 saturated carbocycles. The summed E-state index contributed by atoms with van der Waals surface area (Å²) in [5, 5.41) is 7.32. The van der Waals surface area contributed by atoms with E-state index in [1.165, 1.54) is 12.1 Å². The minimum atomic E-state index is -0.210. The van der Waals surface area contributed by atoms with Crippen LogP contribution in [-0.4, -0.2) is 10.2 Å². The first-order valence-corrected chi connectivity index (χ1v) is 6.15. The summed E-state index contributed by atoms with van der Waals surface area (Å²) < 4.78 is 12.8. The monoisotopic (exact) mass is 252 g/mol. The molecule has 2 nitrogen and oxygen atoms in total. The van der Waals surface area contributed by atoms with Crippen molar-refractivity contribution in [1.82, 2.24) is 10.2 Å². The second kappa shape index (κ2) is 5.06. The number of benzene rings is 2. The van der Waals surface area contributed by atoms with Gasteiger partial charge >= 0.3 is 0 Å². The fraction of sp³-hybridized carbons (Fsp3) is 0.0625. The minimum absolute atomic E-state index is 0.210. The molecule has 0 atom stereocenters. The number of hydrogen-bond donors (Lipinski definition) is 1. The van der Waals surface area contributed by atoms with Crippen molar-refractivity contribution in [2.75, 3.05) is 0 Å². The third-order valence-electron chi connectivity index (χ3n) is 3.01. The molecule has 0 amide bonds. The molecule has 0 unspecified atom stereocenters. The van der Waals surface area contributed by atoms with Crippen LogP contribution in [0.5, 0.6) is 0 Å². The van der Waals surface area contributed by atoms with Gasteiger partial charge in [0.2, 0.25) is 0 Å². The Labute approximate surface area is 110 Å². The van der Waals surface area contributed by atoms with E-state index in [0.29, 0.717) is 0 Å². The quantitative estimate of drug-likeness (QED) is 0.754. The highest BCUT2D eigenvalue weighted by atomic mass is 19.1. The molecule has 0 aliphatic rings. The Balaban J connectivity index is 1.80. The van der Waals surface area contributed by atoms with E-state index in [2.05, 4.69) is 10.2 Å². The maximum atomic E-state index is 12.8. The summed E-state index contributed by atoms with van der Waals surface area (Å²) >= 11 is 0. The van der Waals surface area contributed by atoms with Gasteiger partial charge in [-0.25, -0.2) is 4.39 Å². The minimum Gasteiger partial charge on any atom is -0.282 e. The first-order chi connectivity index (χ1) is 9.31. The Morgan fingerprint density at radius 1 is 0.947 bits per heavy atom. The fourth-order valence-electron chi connectivity index (χ4n) is 2.03. The molecule has 0 saturated heterocycles. The Morgan fingerprint density at radius 2 is 1.68 bits per heavy atom. The van der Waals surface area contributed by atoms with Gasteiger partial charge in [0.1, 0.15) is 5.82 Å². The fourth-order valence-corrected chi connectivity index (χ4v) is 2.03. The molecule has 0 fully saturated rings. The molecule has 3 aromatic rings. The first-order valence-electron chi connectivity index (χ1n) is 6.15. The van der Waals surface area contributed by atoms with Gasteiger partial charge in [0.05, 0.1) is 5.69 Å². The van der Waals surface area contributed by atoms with Crippen LogP contribution in [0.2, 0.25) is 0 Å². The highest BCUT2D eigenvalue weighted by Crippen LogP contribution is 2.18. The molecular formula is C16H13FN2. The van der Waals surface area contributed by atoms with E-state index in [0.717, 1.165) is 28.9 Å². The van der Waals surface area contributed by atoms with Gasteiger partial charge in [-0.05, 0) is 23.8 Å². The van der Waals surface area contributed by atoms with Crippen LogP contribution in [0.1, 0.15) is 11.3 Å². The van der Waals surface area contributed by atoms with E-state index in [-0.39, 0.29) is 5.82 Å². The zero-order valence-corrected chi connectivity index (χ0v) is 10.3. The Hall–Kier alpha value is -2.42. The Morgan fingerprint density at radius 3 is 2.42 bits per heavy atom. The molecule has 0 aliphatic heterocycles. The van der Waals surface area contributed by atoms with Crippen LogP contribution in [0.4, 0.5) is 4.39 Å². The summed E-state index contributed by atoms with van der Waals surface area (Å²) in [5.41, 5.74) is 4.09. The van der Waals surface area contributed by atoms with Crippen molar-refractivity contribution in [3.05, 3.63) is 77.7 Å². The number of hydrogen-bond acceptors (Lipinski definition) is 1. The number of halogens is 1. The third-order valence-corrected chi connectivity index (χ3v) is 3.01. The van der Waals surface area contributed by atoms with Crippen LogP contribution in [0.3, 0.4) is 0 Å². The van der Waals surface area contributed by atoms with Gasteiger partial charge < -0.3 is 0 Å². The van der Waals surface area contributed by atoms with Gasteiger partial charge in [-0.1, -0.05) is 42.5 Å². The summed E-state index contributed by atoms with van der Waals surface area (Å²) in [4.78, 5) is 0. The molecular weight excluding hydrogens is 239 g/mol. The van der Waals surface area contributed by atoms with E-state index >= 15 is 0 Å². The largest absolute Gasteiger partial charge is 0.282 e. The summed E-state index contributed by atoms with van der Waals surface area (Å²) in [6, 6.07) is 18.6. The average molecular weight is 252 g/mol. The van der Waals surface area contributed by atoms with Crippen molar-refractivity contribution in [2.24, 2.45) is 0 Å². The predicted octanol–water partition coefficient (Wildman–Crippen LogP) is 3.81. The summed E-state index contributed by atoms with van der Waals surface area (Å²) in [7, 11) is 0. The predicted molar refractivity (Wildman–Crippen MR) is 73.2 cm³/mol. The summed E-state index contributed by atoms with van der Waals surface area (Å²) in [5.74, 6) is -0.210. The van der Waals surface area contributed by atoms with Crippen LogP contribution in [0, 0.1) is 5.82 Å². The third kappa shape index (κ3) is 2.71. The molecule has 2 aromatic carbocycles. The van der Waals surface area contributed by atoms with Gasteiger partial charge in [-0.2, -0.15) is 5.10 Å². The highest BCUT2D eigenvalue weighted by Gasteiger charge is 2.04. The molecule has 0 radical (unpaired) electrons. The summed E-state index contributed by atoms with van der Waals surface area (Å²) in [6.45, 7) is 0. The molecule has 1 heterocycles. The van der Waals surface area contributed by atoms with Crippen LogP contribution < -0.4 is 0 Å². The van der Waals surface area contributed by atoms with Crippen molar-refractivity contribution >= 4 is 0 Å². The average Bonchev–Trinajstić information content (AvgIpc) is 2.91. The molecule has 1 aromatic heterocycles. The second-order valence-electron chi connectivity index (χ2n) is 4.45. The standard InChI is InChI=1S/C16H13FN2/c17-14-8-6-12(7-9-14)10-15-11-16(19-18-15)13-4-2-1-3-5-13/h1-9,11H,10H2,(H,18,19). The zero-order chi connectivity index (χ0) is 13.1. The van der Waals surface area contributed by atoms with E-state index in [4.69, 9.17) is 0 Å². The molecule has 1 N–H and O–H groups in total. The topological polar surface area (TPSA) is 28.7 Å². The van der Waals surface area contributed by atoms with Crippen LogP contribution in [0.25, 0.3) is 11.3 Å². The molecule has 3 heteroatoms. The smallest absolute Gasteiger partial charge is 0.123 e.